The van der Waals surface area contributed by atoms with Gasteiger partial charge in [-0.3, -0.25) is 4.79 Å². The molecule has 0 bridgehead atoms. The first-order valence-electron chi connectivity index (χ1n) is 9.28. The standard InChI is InChI=1S/C21H22BrNO5/c1-25-17-10-13(11-18(26-2)19(17)22)20(24)23-14-6-7-15-16(12-14)28-21(27-15)8-4-3-5-9-21/h6-7,10-12H,3-5,8-9H2,1-2H3,(H,23,24). The smallest absolute Gasteiger partial charge is 0.255 e. The first kappa shape index (κ1) is 18.9. The predicted octanol–water partition coefficient (Wildman–Crippen LogP) is 5.15. The second-order valence-corrected chi connectivity index (χ2v) is 7.78. The van der Waals surface area contributed by atoms with Crippen LogP contribution in [0.1, 0.15) is 42.5 Å². The average molecular weight is 448 g/mol. The van der Waals surface area contributed by atoms with Crippen molar-refractivity contribution in [1.29, 1.82) is 0 Å². The number of carbonyl (C=O) groups is 1. The van der Waals surface area contributed by atoms with Crippen LogP contribution < -0.4 is 24.3 Å². The van der Waals surface area contributed by atoms with E-state index < -0.39 is 5.79 Å². The van der Waals surface area contributed by atoms with Crippen molar-refractivity contribution in [2.45, 2.75) is 37.9 Å². The van der Waals surface area contributed by atoms with Crippen LogP contribution in [0.4, 0.5) is 5.69 Å². The van der Waals surface area contributed by atoms with E-state index >= 15 is 0 Å². The van der Waals surface area contributed by atoms with Crippen LogP contribution in [0.3, 0.4) is 0 Å². The summed E-state index contributed by atoms with van der Waals surface area (Å²) >= 11 is 3.41. The molecule has 0 radical (unpaired) electrons. The molecule has 28 heavy (non-hydrogen) atoms. The van der Waals surface area contributed by atoms with E-state index in [4.69, 9.17) is 18.9 Å². The van der Waals surface area contributed by atoms with Crippen molar-refractivity contribution in [2.75, 3.05) is 19.5 Å². The number of hydrogen-bond acceptors (Lipinski definition) is 5. The van der Waals surface area contributed by atoms with Gasteiger partial charge in [-0.2, -0.15) is 0 Å². The fourth-order valence-corrected chi connectivity index (χ4v) is 4.22. The normalized spacial score (nSPS) is 16.7. The number of nitrogens with one attached hydrogen (secondary N) is 1. The van der Waals surface area contributed by atoms with Gasteiger partial charge in [0.1, 0.15) is 16.0 Å². The fraction of sp³-hybridized carbons (Fsp3) is 0.381. The predicted molar refractivity (Wildman–Crippen MR) is 109 cm³/mol. The molecule has 1 heterocycles. The van der Waals surface area contributed by atoms with Crippen LogP contribution in [0.25, 0.3) is 0 Å². The van der Waals surface area contributed by atoms with E-state index in [1.807, 2.05) is 18.2 Å². The lowest BCUT2D eigenvalue weighted by Gasteiger charge is -2.31. The van der Waals surface area contributed by atoms with Crippen molar-refractivity contribution < 1.29 is 23.7 Å². The highest BCUT2D eigenvalue weighted by atomic mass is 79.9. The Hall–Kier alpha value is -2.41. The molecule has 2 aromatic rings. The minimum absolute atomic E-state index is 0.268. The summed E-state index contributed by atoms with van der Waals surface area (Å²) in [6.07, 6.45) is 5.20. The molecule has 1 spiro atoms. The molecule has 7 heteroatoms. The third-order valence-electron chi connectivity index (χ3n) is 5.12. The van der Waals surface area contributed by atoms with Crippen LogP contribution in [-0.2, 0) is 0 Å². The number of methoxy groups -OCH3 is 2. The van der Waals surface area contributed by atoms with Gasteiger partial charge in [0.2, 0.25) is 0 Å². The van der Waals surface area contributed by atoms with Gasteiger partial charge >= 0.3 is 0 Å². The molecule has 0 aromatic heterocycles. The topological polar surface area (TPSA) is 66.0 Å². The molecule has 1 aliphatic carbocycles. The van der Waals surface area contributed by atoms with Crippen molar-refractivity contribution in [2.24, 2.45) is 0 Å². The van der Waals surface area contributed by atoms with Crippen molar-refractivity contribution >= 4 is 27.5 Å². The summed E-state index contributed by atoms with van der Waals surface area (Å²) in [5.41, 5.74) is 1.07. The van der Waals surface area contributed by atoms with Crippen molar-refractivity contribution in [3.63, 3.8) is 0 Å². The summed E-state index contributed by atoms with van der Waals surface area (Å²) in [4.78, 5) is 12.7. The van der Waals surface area contributed by atoms with Crippen molar-refractivity contribution in [3.8, 4) is 23.0 Å². The number of anilines is 1. The third-order valence-corrected chi connectivity index (χ3v) is 5.90. The van der Waals surface area contributed by atoms with Crippen molar-refractivity contribution in [3.05, 3.63) is 40.4 Å². The van der Waals surface area contributed by atoms with Gasteiger partial charge < -0.3 is 24.3 Å². The van der Waals surface area contributed by atoms with E-state index in [-0.39, 0.29) is 5.91 Å². The van der Waals surface area contributed by atoms with Gasteiger partial charge in [-0.1, -0.05) is 6.42 Å². The number of benzene rings is 2. The van der Waals surface area contributed by atoms with Gasteiger partial charge in [-0.25, -0.2) is 0 Å². The first-order valence-corrected chi connectivity index (χ1v) is 10.1. The Labute approximate surface area is 172 Å². The molecule has 1 saturated carbocycles. The molecule has 0 saturated heterocycles. The quantitative estimate of drug-likeness (QED) is 0.701. The van der Waals surface area contributed by atoms with Gasteiger partial charge in [0.05, 0.1) is 14.2 Å². The van der Waals surface area contributed by atoms with Crippen LogP contribution >= 0.6 is 15.9 Å². The summed E-state index contributed by atoms with van der Waals surface area (Å²) in [7, 11) is 3.08. The Kier molecular flexibility index (Phi) is 5.10. The number of fused-ring (bicyclic) bond motifs is 1. The van der Waals surface area contributed by atoms with Crippen LogP contribution in [0.5, 0.6) is 23.0 Å². The Bertz CT molecular complexity index is 883. The Balaban J connectivity index is 1.53. The number of amides is 1. The molecule has 4 rings (SSSR count). The molecule has 0 atom stereocenters. The number of hydrogen-bond donors (Lipinski definition) is 1. The minimum Gasteiger partial charge on any atom is -0.495 e. The highest BCUT2D eigenvalue weighted by molar-refractivity contribution is 9.10. The van der Waals surface area contributed by atoms with Crippen LogP contribution in [0.2, 0.25) is 0 Å². The van der Waals surface area contributed by atoms with Gasteiger partial charge in [-0.15, -0.1) is 0 Å². The number of carbonyl (C=O) groups excluding carboxylic acids is 1. The lowest BCUT2D eigenvalue weighted by atomic mass is 9.94. The molecule has 6 nitrogen and oxygen atoms in total. The van der Waals surface area contributed by atoms with E-state index in [9.17, 15) is 4.79 Å². The minimum atomic E-state index is -0.532. The molecule has 1 aliphatic heterocycles. The molecular formula is C21H22BrNO5. The molecule has 0 unspecified atom stereocenters. The number of halogens is 1. The fourth-order valence-electron chi connectivity index (χ4n) is 3.67. The molecule has 148 valence electrons. The van der Waals surface area contributed by atoms with Gasteiger partial charge in [0, 0.05) is 30.2 Å². The zero-order valence-electron chi connectivity index (χ0n) is 15.8. The van der Waals surface area contributed by atoms with Gasteiger partial charge in [0.25, 0.3) is 11.7 Å². The zero-order chi connectivity index (χ0) is 19.7. The molecule has 2 aliphatic rings. The van der Waals surface area contributed by atoms with E-state index in [0.29, 0.717) is 33.0 Å². The van der Waals surface area contributed by atoms with Gasteiger partial charge in [0.15, 0.2) is 11.5 Å². The lowest BCUT2D eigenvalue weighted by molar-refractivity contribution is -0.105. The van der Waals surface area contributed by atoms with Crippen LogP contribution in [0.15, 0.2) is 34.8 Å². The molecule has 1 fully saturated rings. The maximum Gasteiger partial charge on any atom is 0.255 e. The first-order chi connectivity index (χ1) is 13.5. The lowest BCUT2D eigenvalue weighted by Crippen LogP contribution is -2.40. The second kappa shape index (κ2) is 7.54. The summed E-state index contributed by atoms with van der Waals surface area (Å²) < 4.78 is 23.5. The number of rotatable bonds is 4. The van der Waals surface area contributed by atoms with E-state index in [1.54, 1.807) is 26.4 Å². The van der Waals surface area contributed by atoms with E-state index in [2.05, 4.69) is 21.2 Å². The highest BCUT2D eigenvalue weighted by Gasteiger charge is 2.42. The largest absolute Gasteiger partial charge is 0.495 e. The molecule has 1 amide bonds. The van der Waals surface area contributed by atoms with E-state index in [0.717, 1.165) is 31.4 Å². The maximum atomic E-state index is 12.7. The summed E-state index contributed by atoms with van der Waals surface area (Å²) in [6, 6.07) is 8.79. The number of ether oxygens (including phenoxy) is 4. The Morgan fingerprint density at radius 3 is 2.29 bits per heavy atom. The Morgan fingerprint density at radius 2 is 1.64 bits per heavy atom. The van der Waals surface area contributed by atoms with Crippen LogP contribution in [0, 0.1) is 0 Å². The molecule has 1 N–H and O–H groups in total. The Morgan fingerprint density at radius 1 is 1.00 bits per heavy atom. The summed E-state index contributed by atoms with van der Waals surface area (Å²) in [5, 5.41) is 2.90. The second-order valence-electron chi connectivity index (χ2n) is 6.99. The highest BCUT2D eigenvalue weighted by Crippen LogP contribution is 2.46. The summed E-state index contributed by atoms with van der Waals surface area (Å²) in [5.74, 6) is 1.65. The van der Waals surface area contributed by atoms with E-state index in [1.165, 1.54) is 6.42 Å². The maximum absolute atomic E-state index is 12.7. The van der Waals surface area contributed by atoms with Gasteiger partial charge in [-0.05, 0) is 53.0 Å². The van der Waals surface area contributed by atoms with Crippen LogP contribution in [-0.4, -0.2) is 25.9 Å². The monoisotopic (exact) mass is 447 g/mol. The SMILES string of the molecule is COc1cc(C(=O)Nc2ccc3c(c2)OC2(CCCCC2)O3)cc(OC)c1Br. The molecule has 2 aromatic carbocycles. The third kappa shape index (κ3) is 3.51. The zero-order valence-corrected chi connectivity index (χ0v) is 17.4. The summed E-state index contributed by atoms with van der Waals surface area (Å²) in [6.45, 7) is 0. The van der Waals surface area contributed by atoms with Crippen molar-refractivity contribution in [1.82, 2.24) is 0 Å². The molecular weight excluding hydrogens is 426 g/mol. The average Bonchev–Trinajstić information content (AvgIpc) is 3.05.